The average Bonchev–Trinajstić information content (AvgIpc) is 2.07. The molecule has 0 radical (unpaired) electrons. The minimum atomic E-state index is 0.318. The number of aromatic nitrogens is 1. The molecule has 0 aliphatic rings. The Morgan fingerprint density at radius 2 is 2.60 bits per heavy atom. The van der Waals surface area contributed by atoms with Gasteiger partial charge in [-0.15, -0.1) is 0 Å². The van der Waals surface area contributed by atoms with Crippen molar-refractivity contribution in [3.05, 3.63) is 30.0 Å². The van der Waals surface area contributed by atoms with E-state index >= 15 is 0 Å². The number of pyridine rings is 1. The summed E-state index contributed by atoms with van der Waals surface area (Å²) in [6.45, 7) is 1.94. The monoisotopic (exact) mass is 137 g/mol. The first kappa shape index (κ1) is 5.47. The van der Waals surface area contributed by atoms with E-state index in [1.807, 2.05) is 25.1 Å². The molecule has 0 aliphatic heterocycles. The van der Waals surface area contributed by atoms with Crippen molar-refractivity contribution in [2.75, 3.05) is 0 Å². The van der Waals surface area contributed by atoms with E-state index in [0.717, 1.165) is 5.56 Å². The molecule has 0 amide bonds. The summed E-state index contributed by atoms with van der Waals surface area (Å²) in [6.07, 6.45) is 5.52. The van der Waals surface area contributed by atoms with E-state index in [2.05, 4.69) is 10.1 Å². The summed E-state index contributed by atoms with van der Waals surface area (Å²) in [5.41, 5.74) is 1.01. The zero-order valence-corrected chi connectivity index (χ0v) is 5.74. The molecule has 1 aromatic rings. The molecule has 1 N–H and O–H groups in total. The molecule has 0 unspecified atom stereocenters. The molecular weight excluding hydrogens is 126 g/mol. The van der Waals surface area contributed by atoms with Crippen molar-refractivity contribution in [2.24, 2.45) is 0 Å². The molecule has 1 heterocycles. The van der Waals surface area contributed by atoms with Crippen LogP contribution in [0.25, 0.3) is 6.08 Å². The van der Waals surface area contributed by atoms with Crippen LogP contribution in [-0.2, 0) is 0 Å². The molecular formula is C8H9NO. The largest absolute Gasteiger partial charge is 0.493 e. The number of rotatable bonds is 2. The van der Waals surface area contributed by atoms with Crippen LogP contribution in [0, 0.1) is 0 Å². The fraction of sp³-hybridized carbons (Fsp3) is 0.125. The highest BCUT2D eigenvalue weighted by atomic mass is 16.3. The molecule has 0 aliphatic carbocycles. The first-order valence-corrected chi connectivity index (χ1v) is 3.08. The molecule has 2 nitrogen and oxygen atoms in total. The van der Waals surface area contributed by atoms with E-state index in [4.69, 9.17) is 1.43 Å². The Morgan fingerprint density at radius 1 is 1.70 bits per heavy atom. The van der Waals surface area contributed by atoms with Gasteiger partial charge in [-0.05, 0) is 18.6 Å². The SMILES string of the molecule is [3H]Oc1ccc(/C=C/C)cn1. The van der Waals surface area contributed by atoms with Gasteiger partial charge >= 0.3 is 0 Å². The Morgan fingerprint density at radius 3 is 3.10 bits per heavy atom. The van der Waals surface area contributed by atoms with Crippen LogP contribution in [0.1, 0.15) is 12.5 Å². The minimum absolute atomic E-state index is 0.318. The summed E-state index contributed by atoms with van der Waals surface area (Å²) in [5, 5.41) is 4.16. The number of allylic oxidation sites excluding steroid dienone is 1. The van der Waals surface area contributed by atoms with Crippen LogP contribution >= 0.6 is 0 Å². The van der Waals surface area contributed by atoms with Gasteiger partial charge in [-0.1, -0.05) is 12.2 Å². The van der Waals surface area contributed by atoms with E-state index in [-0.39, 0.29) is 0 Å². The van der Waals surface area contributed by atoms with Crippen molar-refractivity contribution in [3.63, 3.8) is 0 Å². The first-order chi connectivity index (χ1) is 5.36. The second kappa shape index (κ2) is 3.01. The fourth-order valence-electron chi connectivity index (χ4n) is 0.683. The maximum absolute atomic E-state index is 6.54. The van der Waals surface area contributed by atoms with Gasteiger partial charge < -0.3 is 5.11 Å². The normalized spacial score (nSPS) is 11.5. The summed E-state index contributed by atoms with van der Waals surface area (Å²) in [4.78, 5) is 3.85. The summed E-state index contributed by atoms with van der Waals surface area (Å²) in [5.74, 6) is 0.318. The van der Waals surface area contributed by atoms with E-state index in [1.54, 1.807) is 12.3 Å². The first-order valence-electron chi connectivity index (χ1n) is 3.49. The van der Waals surface area contributed by atoms with E-state index in [9.17, 15) is 0 Å². The lowest BCUT2D eigenvalue weighted by molar-refractivity contribution is 0.453. The van der Waals surface area contributed by atoms with E-state index in [1.165, 1.54) is 0 Å². The van der Waals surface area contributed by atoms with Crippen LogP contribution in [0.15, 0.2) is 24.4 Å². The van der Waals surface area contributed by atoms with Gasteiger partial charge in [0.2, 0.25) is 5.88 Å². The standard InChI is InChI=1S/C8H9NO/c1-2-3-7-4-5-8(10)9-6-7/h2-6H,1H3,(H,9,10)/b3-2+/i/hT. The lowest BCUT2D eigenvalue weighted by Gasteiger charge is -1.90. The predicted molar refractivity (Wildman–Crippen MR) is 40.6 cm³/mol. The van der Waals surface area contributed by atoms with Gasteiger partial charge in [0.15, 0.2) is 0 Å². The molecule has 10 heavy (non-hydrogen) atoms. The lowest BCUT2D eigenvalue weighted by atomic mass is 10.3. The maximum Gasteiger partial charge on any atom is 0.295 e. The third-order valence-corrected chi connectivity index (χ3v) is 1.12. The summed E-state index contributed by atoms with van der Waals surface area (Å²) in [7, 11) is 0. The Bertz CT molecular complexity index is 243. The molecule has 52 valence electrons. The van der Waals surface area contributed by atoms with Crippen molar-refractivity contribution in [1.29, 1.82) is 1.43 Å². The van der Waals surface area contributed by atoms with Crippen LogP contribution in [0.3, 0.4) is 0 Å². The molecule has 0 fully saturated rings. The average molecular weight is 137 g/mol. The van der Waals surface area contributed by atoms with Gasteiger partial charge in [0, 0.05) is 12.3 Å². The van der Waals surface area contributed by atoms with Gasteiger partial charge in [-0.25, -0.2) is 4.98 Å². The molecule has 1 aromatic heterocycles. The molecule has 1 rings (SSSR count). The number of nitrogens with zero attached hydrogens (tertiary/aromatic N) is 1. The molecule has 0 spiro atoms. The quantitative estimate of drug-likeness (QED) is 0.674. The fourth-order valence-corrected chi connectivity index (χ4v) is 0.683. The van der Waals surface area contributed by atoms with Crippen LogP contribution in [0.5, 0.6) is 5.88 Å². The number of hydrogen-bond acceptors (Lipinski definition) is 2. The van der Waals surface area contributed by atoms with Gasteiger partial charge in [-0.2, -0.15) is 0 Å². The number of aromatic hydroxyl groups is 1. The molecule has 2 heteroatoms. The van der Waals surface area contributed by atoms with Gasteiger partial charge in [-0.3, -0.25) is 0 Å². The predicted octanol–water partition coefficient (Wildman–Crippen LogP) is 1.82. The van der Waals surface area contributed by atoms with Crippen LogP contribution < -0.4 is 0 Å². The molecule has 0 saturated heterocycles. The highest BCUT2D eigenvalue weighted by molar-refractivity contribution is 5.47. The van der Waals surface area contributed by atoms with Crippen molar-refractivity contribution >= 4 is 6.08 Å². The van der Waals surface area contributed by atoms with Crippen LogP contribution in [0.4, 0.5) is 0 Å². The summed E-state index contributed by atoms with van der Waals surface area (Å²) < 4.78 is 6.54. The topological polar surface area (TPSA) is 33.1 Å². The smallest absolute Gasteiger partial charge is 0.295 e. The number of hydrogen-bond donors (Lipinski definition) is 1. The summed E-state index contributed by atoms with van der Waals surface area (Å²) >= 11 is 0. The Labute approximate surface area is 61.3 Å². The third kappa shape index (κ3) is 1.58. The van der Waals surface area contributed by atoms with E-state index in [0.29, 0.717) is 5.88 Å². The zero-order valence-electron chi connectivity index (χ0n) is 6.74. The van der Waals surface area contributed by atoms with Gasteiger partial charge in [0.1, 0.15) is 0 Å². The maximum atomic E-state index is 6.54. The Balaban J connectivity index is 2.82. The van der Waals surface area contributed by atoms with Crippen LogP contribution in [0.2, 0.25) is 0 Å². The van der Waals surface area contributed by atoms with E-state index < -0.39 is 0 Å². The highest BCUT2D eigenvalue weighted by Crippen LogP contribution is 2.05. The Kier molecular flexibility index (Phi) is 1.65. The molecule has 0 aromatic carbocycles. The van der Waals surface area contributed by atoms with Gasteiger partial charge in [0.25, 0.3) is 1.43 Å². The zero-order chi connectivity index (χ0) is 8.10. The van der Waals surface area contributed by atoms with Crippen molar-refractivity contribution < 1.29 is 5.11 Å². The molecule has 0 bridgehead atoms. The molecule has 0 saturated carbocycles. The molecule has 0 atom stereocenters. The van der Waals surface area contributed by atoms with Crippen molar-refractivity contribution in [3.8, 4) is 5.88 Å². The lowest BCUT2D eigenvalue weighted by Crippen LogP contribution is -1.74. The summed E-state index contributed by atoms with van der Waals surface area (Å²) in [6, 6.07) is 3.50. The van der Waals surface area contributed by atoms with Crippen molar-refractivity contribution in [2.45, 2.75) is 6.92 Å². The van der Waals surface area contributed by atoms with Crippen LogP contribution in [-0.4, -0.2) is 11.5 Å². The second-order valence-electron chi connectivity index (χ2n) is 1.93. The van der Waals surface area contributed by atoms with Gasteiger partial charge in [0.05, 0.1) is 0 Å². The van der Waals surface area contributed by atoms with Crippen molar-refractivity contribution in [1.82, 2.24) is 4.98 Å². The third-order valence-electron chi connectivity index (χ3n) is 1.12. The second-order valence-corrected chi connectivity index (χ2v) is 1.93. The Hall–Kier alpha value is -1.31. The highest BCUT2D eigenvalue weighted by Gasteiger charge is 1.86. The minimum Gasteiger partial charge on any atom is -0.493 e.